The number of hydrogen-bond donors (Lipinski definition) is 1. The molecule has 1 aromatic heterocycles. The number of amides is 2. The van der Waals surface area contributed by atoms with Crippen LogP contribution in [0.2, 0.25) is 0 Å². The lowest BCUT2D eigenvalue weighted by atomic mass is 10.5. The molecule has 0 atom stereocenters. The SMILES string of the molecule is CSc1nnc(SCC(=O)N(C)CC(=O)NC2CC2)s1. The first kappa shape index (κ1) is 15.6. The van der Waals surface area contributed by atoms with Crippen molar-refractivity contribution in [3.05, 3.63) is 0 Å². The van der Waals surface area contributed by atoms with Gasteiger partial charge in [0, 0.05) is 13.1 Å². The van der Waals surface area contributed by atoms with Gasteiger partial charge in [-0.2, -0.15) is 0 Å². The zero-order valence-electron chi connectivity index (χ0n) is 11.3. The Bertz CT molecular complexity index is 490. The van der Waals surface area contributed by atoms with E-state index in [-0.39, 0.29) is 24.1 Å². The van der Waals surface area contributed by atoms with E-state index in [0.29, 0.717) is 6.04 Å². The smallest absolute Gasteiger partial charge is 0.239 e. The van der Waals surface area contributed by atoms with Crippen molar-refractivity contribution < 1.29 is 9.59 Å². The van der Waals surface area contributed by atoms with Crippen LogP contribution in [0.4, 0.5) is 0 Å². The first-order chi connectivity index (χ1) is 9.58. The van der Waals surface area contributed by atoms with Crippen LogP contribution in [0.1, 0.15) is 12.8 Å². The third-order valence-corrected chi connectivity index (χ3v) is 5.65. The minimum Gasteiger partial charge on any atom is -0.352 e. The van der Waals surface area contributed by atoms with E-state index < -0.39 is 0 Å². The highest BCUT2D eigenvalue weighted by Gasteiger charge is 2.24. The van der Waals surface area contributed by atoms with E-state index in [0.717, 1.165) is 21.5 Å². The first-order valence-electron chi connectivity index (χ1n) is 6.12. The molecular weight excluding hydrogens is 316 g/mol. The molecule has 0 radical (unpaired) electrons. The zero-order chi connectivity index (χ0) is 14.5. The largest absolute Gasteiger partial charge is 0.352 e. The Kier molecular flexibility index (Phi) is 5.67. The molecule has 9 heteroatoms. The van der Waals surface area contributed by atoms with Gasteiger partial charge in [0.05, 0.1) is 12.3 Å². The quantitative estimate of drug-likeness (QED) is 0.753. The van der Waals surface area contributed by atoms with Gasteiger partial charge in [0.1, 0.15) is 0 Å². The van der Waals surface area contributed by atoms with Gasteiger partial charge >= 0.3 is 0 Å². The van der Waals surface area contributed by atoms with E-state index in [9.17, 15) is 9.59 Å². The van der Waals surface area contributed by atoms with Gasteiger partial charge in [0.2, 0.25) is 11.8 Å². The topological polar surface area (TPSA) is 75.2 Å². The Morgan fingerprint density at radius 2 is 2.10 bits per heavy atom. The van der Waals surface area contributed by atoms with Crippen molar-refractivity contribution >= 4 is 46.7 Å². The molecule has 1 aliphatic carbocycles. The van der Waals surface area contributed by atoms with Gasteiger partial charge in [-0.15, -0.1) is 10.2 Å². The fourth-order valence-corrected chi connectivity index (χ4v) is 3.75. The molecule has 1 aromatic rings. The third-order valence-electron chi connectivity index (χ3n) is 2.63. The summed E-state index contributed by atoms with van der Waals surface area (Å²) in [6.45, 7) is 0.113. The van der Waals surface area contributed by atoms with Crippen molar-refractivity contribution in [1.29, 1.82) is 0 Å². The van der Waals surface area contributed by atoms with E-state index in [1.54, 1.807) is 7.05 Å². The van der Waals surface area contributed by atoms with Crippen LogP contribution in [0, 0.1) is 0 Å². The fraction of sp³-hybridized carbons (Fsp3) is 0.636. The average molecular weight is 332 g/mol. The van der Waals surface area contributed by atoms with Crippen LogP contribution in [0.15, 0.2) is 8.68 Å². The number of nitrogens with zero attached hydrogens (tertiary/aromatic N) is 3. The molecule has 1 saturated carbocycles. The summed E-state index contributed by atoms with van der Waals surface area (Å²) in [7, 11) is 1.64. The molecule has 1 aliphatic rings. The van der Waals surface area contributed by atoms with Gasteiger partial charge in [-0.05, 0) is 19.1 Å². The molecule has 2 rings (SSSR count). The second-order valence-corrected chi connectivity index (χ2v) is 7.67. The van der Waals surface area contributed by atoms with Crippen LogP contribution in [0.25, 0.3) is 0 Å². The number of rotatable bonds is 7. The Morgan fingerprint density at radius 3 is 2.70 bits per heavy atom. The van der Waals surface area contributed by atoms with Crippen molar-refractivity contribution in [2.24, 2.45) is 0 Å². The predicted molar refractivity (Wildman–Crippen MR) is 81.2 cm³/mol. The summed E-state index contributed by atoms with van der Waals surface area (Å²) in [5.74, 6) is 0.103. The van der Waals surface area contributed by atoms with Gasteiger partial charge in [-0.1, -0.05) is 34.9 Å². The summed E-state index contributed by atoms with van der Waals surface area (Å²) in [5, 5.41) is 10.8. The summed E-state index contributed by atoms with van der Waals surface area (Å²) in [6, 6.07) is 0.326. The number of carbonyl (C=O) groups excluding carboxylic acids is 2. The van der Waals surface area contributed by atoms with Crippen molar-refractivity contribution in [3.8, 4) is 0 Å². The summed E-state index contributed by atoms with van der Waals surface area (Å²) >= 11 is 4.36. The van der Waals surface area contributed by atoms with Crippen LogP contribution in [-0.2, 0) is 9.59 Å². The maximum Gasteiger partial charge on any atom is 0.239 e. The summed E-state index contributed by atoms with van der Waals surface area (Å²) < 4.78 is 1.66. The molecular formula is C11H16N4O2S3. The minimum atomic E-state index is -0.0889. The molecule has 0 aromatic carbocycles. The molecule has 6 nitrogen and oxygen atoms in total. The second-order valence-electron chi connectivity index (χ2n) is 4.42. The molecule has 0 spiro atoms. The average Bonchev–Trinajstić information content (AvgIpc) is 3.10. The Hall–Kier alpha value is -0.800. The standard InChI is InChI=1S/C11H16N4O2S3/c1-15(5-8(16)12-7-3-4-7)9(17)6-19-11-14-13-10(18-2)20-11/h7H,3-6H2,1-2H3,(H,12,16). The van der Waals surface area contributed by atoms with Crippen molar-refractivity contribution in [1.82, 2.24) is 20.4 Å². The molecule has 0 unspecified atom stereocenters. The molecule has 2 amide bonds. The highest BCUT2D eigenvalue weighted by molar-refractivity contribution is 8.03. The maximum atomic E-state index is 11.9. The van der Waals surface area contributed by atoms with E-state index in [1.165, 1.54) is 39.8 Å². The Labute approximate surface area is 130 Å². The van der Waals surface area contributed by atoms with Crippen molar-refractivity contribution in [2.75, 3.05) is 25.6 Å². The van der Waals surface area contributed by atoms with Crippen LogP contribution >= 0.6 is 34.9 Å². The van der Waals surface area contributed by atoms with Crippen LogP contribution in [-0.4, -0.2) is 58.6 Å². The Balaban J connectivity index is 1.71. The number of thioether (sulfide) groups is 2. The lowest BCUT2D eigenvalue weighted by Gasteiger charge is -2.16. The predicted octanol–water partition coefficient (Wildman–Crippen LogP) is 1.09. The van der Waals surface area contributed by atoms with E-state index in [4.69, 9.17) is 0 Å². The van der Waals surface area contributed by atoms with Gasteiger partial charge < -0.3 is 10.2 Å². The molecule has 0 bridgehead atoms. The molecule has 1 fully saturated rings. The molecule has 1 heterocycles. The first-order valence-corrected chi connectivity index (χ1v) is 9.15. The monoisotopic (exact) mass is 332 g/mol. The Morgan fingerprint density at radius 1 is 1.40 bits per heavy atom. The van der Waals surface area contributed by atoms with E-state index in [1.807, 2.05) is 6.26 Å². The third kappa shape index (κ3) is 4.95. The van der Waals surface area contributed by atoms with Crippen molar-refractivity contribution in [3.63, 3.8) is 0 Å². The minimum absolute atomic E-state index is 0.0816. The van der Waals surface area contributed by atoms with Crippen molar-refractivity contribution in [2.45, 2.75) is 27.6 Å². The van der Waals surface area contributed by atoms with Gasteiger partial charge in [-0.3, -0.25) is 9.59 Å². The normalized spacial score (nSPS) is 14.1. The van der Waals surface area contributed by atoms with Crippen LogP contribution < -0.4 is 5.32 Å². The van der Waals surface area contributed by atoms with Crippen LogP contribution in [0.3, 0.4) is 0 Å². The fourth-order valence-electron chi connectivity index (χ4n) is 1.38. The van der Waals surface area contributed by atoms with Gasteiger partial charge in [-0.25, -0.2) is 0 Å². The summed E-state index contributed by atoms with van der Waals surface area (Å²) in [4.78, 5) is 24.9. The van der Waals surface area contributed by atoms with Gasteiger partial charge in [0.15, 0.2) is 8.68 Å². The molecule has 0 aliphatic heterocycles. The lowest BCUT2D eigenvalue weighted by molar-refractivity contribution is -0.132. The highest BCUT2D eigenvalue weighted by atomic mass is 32.2. The number of nitrogens with one attached hydrogen (secondary N) is 1. The summed E-state index contributed by atoms with van der Waals surface area (Å²) in [6.07, 6.45) is 4.04. The van der Waals surface area contributed by atoms with Gasteiger partial charge in [0.25, 0.3) is 0 Å². The number of aromatic nitrogens is 2. The highest BCUT2D eigenvalue weighted by Crippen LogP contribution is 2.27. The number of hydrogen-bond acceptors (Lipinski definition) is 7. The maximum absolute atomic E-state index is 11.9. The number of likely N-dealkylation sites (N-methyl/N-ethyl adjacent to an activating group) is 1. The van der Waals surface area contributed by atoms with E-state index in [2.05, 4.69) is 15.5 Å². The molecule has 110 valence electrons. The summed E-state index contributed by atoms with van der Waals surface area (Å²) in [5.41, 5.74) is 0. The molecule has 1 N–H and O–H groups in total. The second kappa shape index (κ2) is 7.28. The number of carbonyl (C=O) groups is 2. The zero-order valence-corrected chi connectivity index (χ0v) is 13.7. The molecule has 20 heavy (non-hydrogen) atoms. The van der Waals surface area contributed by atoms with Crippen LogP contribution in [0.5, 0.6) is 0 Å². The van der Waals surface area contributed by atoms with E-state index >= 15 is 0 Å². The lowest BCUT2D eigenvalue weighted by Crippen LogP contribution is -2.39. The molecule has 0 saturated heterocycles.